The minimum atomic E-state index is -0.198. The zero-order valence-electron chi connectivity index (χ0n) is 8.91. The van der Waals surface area contributed by atoms with Gasteiger partial charge in [-0.1, -0.05) is 6.07 Å². The SMILES string of the molecule is Cc1ccc(OCC(=O)CC#N)cc1C. The van der Waals surface area contributed by atoms with Crippen LogP contribution in [0.25, 0.3) is 0 Å². The summed E-state index contributed by atoms with van der Waals surface area (Å²) >= 11 is 0. The Balaban J connectivity index is 2.55. The topological polar surface area (TPSA) is 50.1 Å². The standard InChI is InChI=1S/C12H13NO2/c1-9-3-4-12(7-10(9)2)15-8-11(14)5-6-13/h3-4,7H,5,8H2,1-2H3. The van der Waals surface area contributed by atoms with E-state index in [4.69, 9.17) is 10.00 Å². The van der Waals surface area contributed by atoms with Crippen LogP contribution in [0.15, 0.2) is 18.2 Å². The van der Waals surface area contributed by atoms with Crippen molar-refractivity contribution in [1.29, 1.82) is 5.26 Å². The fourth-order valence-electron chi connectivity index (χ4n) is 1.11. The second-order valence-electron chi connectivity index (χ2n) is 3.41. The van der Waals surface area contributed by atoms with Gasteiger partial charge in [0, 0.05) is 0 Å². The number of Topliss-reactive ketones (excluding diaryl/α,β-unsaturated/α-hetero) is 1. The zero-order chi connectivity index (χ0) is 11.3. The monoisotopic (exact) mass is 203 g/mol. The lowest BCUT2D eigenvalue weighted by atomic mass is 10.1. The lowest BCUT2D eigenvalue weighted by Crippen LogP contribution is -2.10. The Kier molecular flexibility index (Phi) is 3.87. The number of ketones is 1. The Hall–Kier alpha value is -1.82. The molecule has 1 aromatic carbocycles. The van der Waals surface area contributed by atoms with Gasteiger partial charge < -0.3 is 4.74 Å². The quantitative estimate of drug-likeness (QED) is 0.753. The van der Waals surface area contributed by atoms with Crippen LogP contribution in [0.1, 0.15) is 17.5 Å². The molecule has 0 aromatic heterocycles. The maximum atomic E-state index is 11.0. The van der Waals surface area contributed by atoms with Crippen molar-refractivity contribution >= 4 is 5.78 Å². The average molecular weight is 203 g/mol. The van der Waals surface area contributed by atoms with E-state index in [0.717, 1.165) is 5.56 Å². The van der Waals surface area contributed by atoms with Crippen LogP contribution < -0.4 is 4.74 Å². The van der Waals surface area contributed by atoms with E-state index in [0.29, 0.717) is 5.75 Å². The fraction of sp³-hybridized carbons (Fsp3) is 0.333. The van der Waals surface area contributed by atoms with Crippen molar-refractivity contribution in [2.75, 3.05) is 6.61 Å². The van der Waals surface area contributed by atoms with Crippen LogP contribution in [0.5, 0.6) is 5.75 Å². The van der Waals surface area contributed by atoms with E-state index in [1.165, 1.54) is 5.56 Å². The van der Waals surface area contributed by atoms with Crippen molar-refractivity contribution in [2.24, 2.45) is 0 Å². The molecule has 0 saturated carbocycles. The van der Waals surface area contributed by atoms with E-state index in [9.17, 15) is 4.79 Å². The molecule has 0 N–H and O–H groups in total. The summed E-state index contributed by atoms with van der Waals surface area (Å²) in [6.07, 6.45) is -0.0924. The van der Waals surface area contributed by atoms with E-state index in [-0.39, 0.29) is 18.8 Å². The van der Waals surface area contributed by atoms with Gasteiger partial charge in [-0.15, -0.1) is 0 Å². The molecule has 3 nitrogen and oxygen atoms in total. The van der Waals surface area contributed by atoms with Crippen LogP contribution >= 0.6 is 0 Å². The molecule has 3 heteroatoms. The van der Waals surface area contributed by atoms with Crippen LogP contribution in [0.4, 0.5) is 0 Å². The first-order chi connectivity index (χ1) is 7.13. The van der Waals surface area contributed by atoms with Gasteiger partial charge in [0.1, 0.15) is 12.4 Å². The summed E-state index contributed by atoms with van der Waals surface area (Å²) in [6.45, 7) is 3.97. The first-order valence-electron chi connectivity index (χ1n) is 4.72. The summed E-state index contributed by atoms with van der Waals surface area (Å²) in [6, 6.07) is 7.44. The number of nitriles is 1. The van der Waals surface area contributed by atoms with Crippen molar-refractivity contribution in [3.05, 3.63) is 29.3 Å². The van der Waals surface area contributed by atoms with Crippen LogP contribution in [-0.4, -0.2) is 12.4 Å². The molecular formula is C12H13NO2. The zero-order valence-corrected chi connectivity index (χ0v) is 8.91. The molecule has 1 aromatic rings. The molecule has 1 rings (SSSR count). The fourth-order valence-corrected chi connectivity index (χ4v) is 1.11. The van der Waals surface area contributed by atoms with Gasteiger partial charge in [0.15, 0.2) is 5.78 Å². The number of nitrogens with zero attached hydrogens (tertiary/aromatic N) is 1. The summed E-state index contributed by atoms with van der Waals surface area (Å²) in [4.78, 5) is 11.0. The molecule has 0 aliphatic carbocycles. The largest absolute Gasteiger partial charge is 0.486 e. The molecule has 0 radical (unpaired) electrons. The van der Waals surface area contributed by atoms with Crippen molar-refractivity contribution < 1.29 is 9.53 Å². The molecule has 0 heterocycles. The lowest BCUT2D eigenvalue weighted by molar-refractivity contribution is -0.120. The highest BCUT2D eigenvalue weighted by atomic mass is 16.5. The number of carbonyl (C=O) groups is 1. The number of hydrogen-bond acceptors (Lipinski definition) is 3. The second-order valence-corrected chi connectivity index (χ2v) is 3.41. The number of carbonyl (C=O) groups excluding carboxylic acids is 1. The average Bonchev–Trinajstić information content (AvgIpc) is 2.20. The minimum absolute atomic E-state index is 0.0317. The van der Waals surface area contributed by atoms with Crippen LogP contribution in [0.3, 0.4) is 0 Å². The van der Waals surface area contributed by atoms with E-state index in [1.54, 1.807) is 6.07 Å². The summed E-state index contributed by atoms with van der Waals surface area (Å²) < 4.78 is 5.26. The van der Waals surface area contributed by atoms with Crippen molar-refractivity contribution in [3.63, 3.8) is 0 Å². The third-order valence-corrected chi connectivity index (χ3v) is 2.15. The highest BCUT2D eigenvalue weighted by molar-refractivity contribution is 5.81. The van der Waals surface area contributed by atoms with Gasteiger partial charge in [-0.25, -0.2) is 0 Å². The summed E-state index contributed by atoms with van der Waals surface area (Å²) in [5.74, 6) is 0.472. The van der Waals surface area contributed by atoms with Gasteiger partial charge in [-0.05, 0) is 37.1 Å². The normalized spacial score (nSPS) is 9.40. The lowest BCUT2D eigenvalue weighted by Gasteiger charge is -2.06. The van der Waals surface area contributed by atoms with Crippen molar-refractivity contribution in [1.82, 2.24) is 0 Å². The van der Waals surface area contributed by atoms with Gasteiger partial charge in [-0.3, -0.25) is 4.79 Å². The van der Waals surface area contributed by atoms with Gasteiger partial charge in [0.2, 0.25) is 0 Å². The van der Waals surface area contributed by atoms with E-state index in [1.807, 2.05) is 32.0 Å². The maximum Gasteiger partial charge on any atom is 0.184 e. The minimum Gasteiger partial charge on any atom is -0.486 e. The summed E-state index contributed by atoms with van der Waals surface area (Å²) in [5, 5.41) is 8.29. The highest BCUT2D eigenvalue weighted by Gasteiger charge is 2.02. The van der Waals surface area contributed by atoms with E-state index < -0.39 is 0 Å². The Bertz CT molecular complexity index is 405. The number of rotatable bonds is 4. The molecule has 0 saturated heterocycles. The summed E-state index contributed by atoms with van der Waals surface area (Å²) in [7, 11) is 0. The van der Waals surface area contributed by atoms with Crippen LogP contribution in [0.2, 0.25) is 0 Å². The van der Waals surface area contributed by atoms with Crippen LogP contribution in [0, 0.1) is 25.2 Å². The van der Waals surface area contributed by atoms with Gasteiger partial charge in [-0.2, -0.15) is 5.26 Å². The third kappa shape index (κ3) is 3.43. The van der Waals surface area contributed by atoms with Crippen molar-refractivity contribution in [2.45, 2.75) is 20.3 Å². The number of ether oxygens (including phenoxy) is 1. The predicted molar refractivity (Wildman–Crippen MR) is 56.6 cm³/mol. The molecule has 0 bridgehead atoms. The molecule has 0 atom stereocenters. The van der Waals surface area contributed by atoms with E-state index >= 15 is 0 Å². The Morgan fingerprint density at radius 3 is 2.73 bits per heavy atom. The molecule has 0 fully saturated rings. The van der Waals surface area contributed by atoms with Gasteiger partial charge in [0.25, 0.3) is 0 Å². The molecule has 0 aliphatic heterocycles. The molecule has 78 valence electrons. The van der Waals surface area contributed by atoms with Crippen LogP contribution in [-0.2, 0) is 4.79 Å². The van der Waals surface area contributed by atoms with Gasteiger partial charge >= 0.3 is 0 Å². The van der Waals surface area contributed by atoms with E-state index in [2.05, 4.69) is 0 Å². The Labute approximate surface area is 89.3 Å². The Morgan fingerprint density at radius 2 is 2.13 bits per heavy atom. The molecule has 0 amide bonds. The second kappa shape index (κ2) is 5.16. The highest BCUT2D eigenvalue weighted by Crippen LogP contribution is 2.16. The van der Waals surface area contributed by atoms with Gasteiger partial charge in [0.05, 0.1) is 12.5 Å². The Morgan fingerprint density at radius 1 is 1.40 bits per heavy atom. The smallest absolute Gasteiger partial charge is 0.184 e. The third-order valence-electron chi connectivity index (χ3n) is 2.15. The molecule has 0 spiro atoms. The predicted octanol–water partition coefficient (Wildman–Crippen LogP) is 2.17. The molecular weight excluding hydrogens is 190 g/mol. The maximum absolute atomic E-state index is 11.0. The number of aryl methyl sites for hydroxylation is 2. The number of hydrogen-bond donors (Lipinski definition) is 0. The summed E-state index contributed by atoms with van der Waals surface area (Å²) in [5.41, 5.74) is 2.31. The first kappa shape index (κ1) is 11.3. The molecule has 0 unspecified atom stereocenters. The first-order valence-corrected chi connectivity index (χ1v) is 4.72. The molecule has 0 aliphatic rings. The molecule has 15 heavy (non-hydrogen) atoms. The number of benzene rings is 1. The van der Waals surface area contributed by atoms with Crippen molar-refractivity contribution in [3.8, 4) is 11.8 Å².